The highest BCUT2D eigenvalue weighted by molar-refractivity contribution is 7.90. The first-order chi connectivity index (χ1) is 10.1. The van der Waals surface area contributed by atoms with Crippen LogP contribution in [0.1, 0.15) is 11.1 Å². The summed E-state index contributed by atoms with van der Waals surface area (Å²) in [6.45, 7) is 3.56. The van der Waals surface area contributed by atoms with Crippen LogP contribution in [0.2, 0.25) is 0 Å². The molecule has 0 fully saturated rings. The van der Waals surface area contributed by atoms with Gasteiger partial charge in [0.05, 0.1) is 4.90 Å². The molecule has 0 heterocycles. The first kappa shape index (κ1) is 16.5. The molecule has 5 nitrogen and oxygen atoms in total. The summed E-state index contributed by atoms with van der Waals surface area (Å²) in [7, 11) is -7.59. The average Bonchev–Trinajstić information content (AvgIpc) is 2.42. The van der Waals surface area contributed by atoms with E-state index >= 15 is 0 Å². The number of sulfone groups is 1. The van der Waals surface area contributed by atoms with Crippen molar-refractivity contribution < 1.29 is 21.0 Å². The molecule has 2 rings (SSSR count). The Morgan fingerprint density at radius 3 is 2.14 bits per heavy atom. The topological polar surface area (TPSA) is 77.5 Å². The minimum Gasteiger partial charge on any atom is -0.379 e. The van der Waals surface area contributed by atoms with Crippen molar-refractivity contribution >= 4 is 20.0 Å². The molecule has 0 radical (unpaired) electrons. The molecular weight excluding hydrogens is 324 g/mol. The smallest absolute Gasteiger partial charge is 0.339 e. The molecule has 0 aromatic heterocycles. The van der Waals surface area contributed by atoms with Gasteiger partial charge in [0.2, 0.25) is 0 Å². The molecule has 2 aromatic rings. The molecule has 0 saturated carbocycles. The van der Waals surface area contributed by atoms with Crippen LogP contribution in [0.3, 0.4) is 0 Å². The molecule has 0 unspecified atom stereocenters. The summed E-state index contributed by atoms with van der Waals surface area (Å²) in [5.41, 5.74) is 1.54. The van der Waals surface area contributed by atoms with Gasteiger partial charge < -0.3 is 4.18 Å². The van der Waals surface area contributed by atoms with Crippen molar-refractivity contribution in [1.29, 1.82) is 0 Å². The third kappa shape index (κ3) is 3.66. The molecule has 0 bridgehead atoms. The monoisotopic (exact) mass is 340 g/mol. The zero-order chi connectivity index (χ0) is 16.5. The molecule has 22 heavy (non-hydrogen) atoms. The van der Waals surface area contributed by atoms with Crippen molar-refractivity contribution in [2.24, 2.45) is 0 Å². The lowest BCUT2D eigenvalue weighted by atomic mass is 10.1. The van der Waals surface area contributed by atoms with Gasteiger partial charge in [-0.3, -0.25) is 0 Å². The fourth-order valence-corrected chi connectivity index (χ4v) is 3.59. The normalized spacial score (nSPS) is 12.1. The standard InChI is InChI=1S/C15H16O5S2/c1-11-7-8-12(2)15(9-11)20-22(18,19)14-6-4-5-13(10-14)21(3,16)17/h4-10H,1-3H3. The average molecular weight is 340 g/mol. The molecule has 7 heteroatoms. The van der Waals surface area contributed by atoms with Gasteiger partial charge in [-0.1, -0.05) is 18.2 Å². The molecule has 118 valence electrons. The SMILES string of the molecule is Cc1ccc(C)c(OS(=O)(=O)c2cccc(S(C)(=O)=O)c2)c1. The Labute approximate surface area is 130 Å². The Morgan fingerprint density at radius 1 is 0.864 bits per heavy atom. The Hall–Kier alpha value is -1.86. The number of benzene rings is 2. The maximum atomic E-state index is 12.3. The fourth-order valence-electron chi connectivity index (χ4n) is 1.82. The maximum Gasteiger partial charge on any atom is 0.339 e. The summed E-state index contributed by atoms with van der Waals surface area (Å²) in [6.07, 6.45) is 1.02. The van der Waals surface area contributed by atoms with Crippen molar-refractivity contribution in [2.75, 3.05) is 6.26 Å². The highest BCUT2D eigenvalue weighted by Crippen LogP contribution is 2.24. The summed E-state index contributed by atoms with van der Waals surface area (Å²) in [4.78, 5) is -0.269. The lowest BCUT2D eigenvalue weighted by Crippen LogP contribution is -2.11. The molecule has 0 saturated heterocycles. The van der Waals surface area contributed by atoms with Gasteiger partial charge in [0.25, 0.3) is 0 Å². The van der Waals surface area contributed by atoms with E-state index in [0.717, 1.165) is 17.9 Å². The lowest BCUT2D eigenvalue weighted by Gasteiger charge is -2.10. The van der Waals surface area contributed by atoms with Crippen LogP contribution in [-0.4, -0.2) is 23.1 Å². The van der Waals surface area contributed by atoms with E-state index in [1.165, 1.54) is 18.2 Å². The first-order valence-electron chi connectivity index (χ1n) is 6.41. The van der Waals surface area contributed by atoms with E-state index in [2.05, 4.69) is 0 Å². The Bertz CT molecular complexity index is 913. The molecule has 0 aliphatic heterocycles. The second kappa shape index (κ2) is 5.73. The highest BCUT2D eigenvalue weighted by Gasteiger charge is 2.20. The molecule has 0 spiro atoms. The van der Waals surface area contributed by atoms with E-state index in [0.29, 0.717) is 5.56 Å². The van der Waals surface area contributed by atoms with Gasteiger partial charge in [-0.25, -0.2) is 8.42 Å². The minimum absolute atomic E-state index is 0.0712. The van der Waals surface area contributed by atoms with Crippen LogP contribution in [0.25, 0.3) is 0 Å². The van der Waals surface area contributed by atoms with Gasteiger partial charge in [0.15, 0.2) is 9.84 Å². The van der Waals surface area contributed by atoms with Crippen molar-refractivity contribution in [3.63, 3.8) is 0 Å². The van der Waals surface area contributed by atoms with Crippen LogP contribution >= 0.6 is 0 Å². The Balaban J connectivity index is 2.45. The molecular formula is C15H16O5S2. The van der Waals surface area contributed by atoms with Crippen LogP contribution in [0.4, 0.5) is 0 Å². The van der Waals surface area contributed by atoms with Crippen LogP contribution in [-0.2, 0) is 20.0 Å². The molecule has 0 amide bonds. The number of hydrogen-bond donors (Lipinski definition) is 0. The summed E-state index contributed by atoms with van der Waals surface area (Å²) < 4.78 is 52.9. The van der Waals surface area contributed by atoms with E-state index in [4.69, 9.17) is 4.18 Å². The highest BCUT2D eigenvalue weighted by atomic mass is 32.2. The zero-order valence-electron chi connectivity index (χ0n) is 12.4. The molecule has 0 atom stereocenters. The third-order valence-corrected chi connectivity index (χ3v) is 5.41. The van der Waals surface area contributed by atoms with E-state index in [9.17, 15) is 16.8 Å². The molecule has 0 aliphatic rings. The van der Waals surface area contributed by atoms with Gasteiger partial charge in [-0.15, -0.1) is 0 Å². The Kier molecular flexibility index (Phi) is 4.30. The third-order valence-electron chi connectivity index (χ3n) is 3.07. The van der Waals surface area contributed by atoms with E-state index in [1.54, 1.807) is 19.1 Å². The van der Waals surface area contributed by atoms with Crippen molar-refractivity contribution in [1.82, 2.24) is 0 Å². The fraction of sp³-hybridized carbons (Fsp3) is 0.200. The van der Waals surface area contributed by atoms with Gasteiger partial charge in [0.1, 0.15) is 10.6 Å². The molecule has 2 aromatic carbocycles. The maximum absolute atomic E-state index is 12.3. The van der Waals surface area contributed by atoms with Gasteiger partial charge >= 0.3 is 10.1 Å². The van der Waals surface area contributed by atoms with Crippen LogP contribution in [0, 0.1) is 13.8 Å². The first-order valence-corrected chi connectivity index (χ1v) is 9.71. The van der Waals surface area contributed by atoms with Crippen LogP contribution < -0.4 is 4.18 Å². The summed E-state index contributed by atoms with van der Waals surface area (Å²) in [6, 6.07) is 10.3. The molecule has 0 aliphatic carbocycles. The van der Waals surface area contributed by atoms with Gasteiger partial charge in [-0.2, -0.15) is 8.42 Å². The predicted octanol–water partition coefficient (Wildman–Crippen LogP) is 2.47. The van der Waals surface area contributed by atoms with Crippen LogP contribution in [0.15, 0.2) is 52.3 Å². The van der Waals surface area contributed by atoms with E-state index in [1.807, 2.05) is 13.0 Å². The lowest BCUT2D eigenvalue weighted by molar-refractivity contribution is 0.484. The second-order valence-electron chi connectivity index (χ2n) is 5.05. The van der Waals surface area contributed by atoms with Gasteiger partial charge in [-0.05, 0) is 49.2 Å². The number of hydrogen-bond acceptors (Lipinski definition) is 5. The molecule has 0 N–H and O–H groups in total. The predicted molar refractivity (Wildman–Crippen MR) is 83.3 cm³/mol. The summed E-state index contributed by atoms with van der Waals surface area (Å²) in [5.74, 6) is 0.227. The minimum atomic E-state index is -4.10. The van der Waals surface area contributed by atoms with Crippen LogP contribution in [0.5, 0.6) is 5.75 Å². The zero-order valence-corrected chi connectivity index (χ0v) is 14.0. The largest absolute Gasteiger partial charge is 0.379 e. The van der Waals surface area contributed by atoms with Crippen molar-refractivity contribution in [2.45, 2.75) is 23.6 Å². The van der Waals surface area contributed by atoms with E-state index in [-0.39, 0.29) is 15.5 Å². The Morgan fingerprint density at radius 2 is 1.50 bits per heavy atom. The van der Waals surface area contributed by atoms with Crippen molar-refractivity contribution in [3.05, 3.63) is 53.6 Å². The summed E-state index contributed by atoms with van der Waals surface area (Å²) >= 11 is 0. The number of rotatable bonds is 4. The quantitative estimate of drug-likeness (QED) is 0.799. The summed E-state index contributed by atoms with van der Waals surface area (Å²) in [5, 5.41) is 0. The van der Waals surface area contributed by atoms with Gasteiger partial charge in [0, 0.05) is 6.26 Å². The number of aryl methyl sites for hydroxylation is 2. The second-order valence-corrected chi connectivity index (χ2v) is 8.62. The van der Waals surface area contributed by atoms with E-state index < -0.39 is 20.0 Å². The van der Waals surface area contributed by atoms with Crippen molar-refractivity contribution in [3.8, 4) is 5.75 Å².